The van der Waals surface area contributed by atoms with Gasteiger partial charge in [-0.2, -0.15) is 5.10 Å². The van der Waals surface area contributed by atoms with Gasteiger partial charge in [-0.3, -0.25) is 4.68 Å². The maximum Gasteiger partial charge on any atom is 0.151 e. The Morgan fingerprint density at radius 1 is 1.62 bits per heavy atom. The van der Waals surface area contributed by atoms with Crippen LogP contribution in [0, 0.1) is 6.92 Å². The summed E-state index contributed by atoms with van der Waals surface area (Å²) in [5.41, 5.74) is 2.13. The highest BCUT2D eigenvalue weighted by Crippen LogP contribution is 2.12. The van der Waals surface area contributed by atoms with Crippen molar-refractivity contribution in [3.05, 3.63) is 17.5 Å². The van der Waals surface area contributed by atoms with Crippen LogP contribution in [0.25, 0.3) is 0 Å². The van der Waals surface area contributed by atoms with E-state index in [2.05, 4.69) is 10.4 Å². The number of aryl methyl sites for hydroxylation is 2. The summed E-state index contributed by atoms with van der Waals surface area (Å²) in [7, 11) is -0.903. The van der Waals surface area contributed by atoms with E-state index in [9.17, 15) is 8.42 Å². The van der Waals surface area contributed by atoms with Gasteiger partial charge in [-0.25, -0.2) is 8.42 Å². The quantitative estimate of drug-likeness (QED) is 0.812. The monoisotopic (exact) mass is 243 g/mol. The Morgan fingerprint density at radius 2 is 2.38 bits per heavy atom. The molecule has 0 aliphatic carbocycles. The Balaban J connectivity index is 1.91. The Morgan fingerprint density at radius 3 is 2.88 bits per heavy atom. The van der Waals surface area contributed by atoms with Gasteiger partial charge in [0.1, 0.15) is 0 Å². The average molecular weight is 243 g/mol. The summed E-state index contributed by atoms with van der Waals surface area (Å²) in [4.78, 5) is 0. The fourth-order valence-corrected chi connectivity index (χ4v) is 3.74. The van der Waals surface area contributed by atoms with Crippen molar-refractivity contribution in [3.8, 4) is 0 Å². The molecule has 0 bridgehead atoms. The largest absolute Gasteiger partial charge is 0.309 e. The molecule has 0 aromatic carbocycles. The molecular formula is C10H17N3O2S. The van der Waals surface area contributed by atoms with Crippen LogP contribution in [0.3, 0.4) is 0 Å². The number of aromatic nitrogens is 2. The highest BCUT2D eigenvalue weighted by atomic mass is 32.2. The summed E-state index contributed by atoms with van der Waals surface area (Å²) in [5.74, 6) is 0.586. The van der Waals surface area contributed by atoms with Gasteiger partial charge < -0.3 is 5.32 Å². The molecule has 1 atom stereocenters. The first-order valence-electron chi connectivity index (χ1n) is 5.39. The Kier molecular flexibility index (Phi) is 3.03. The van der Waals surface area contributed by atoms with Crippen LogP contribution in [0.5, 0.6) is 0 Å². The van der Waals surface area contributed by atoms with Crippen molar-refractivity contribution in [3.63, 3.8) is 0 Å². The van der Waals surface area contributed by atoms with Crippen LogP contribution in [-0.2, 0) is 23.4 Å². The van der Waals surface area contributed by atoms with Gasteiger partial charge in [0.2, 0.25) is 0 Å². The molecule has 0 saturated carbocycles. The highest BCUT2D eigenvalue weighted by molar-refractivity contribution is 7.91. The summed E-state index contributed by atoms with van der Waals surface area (Å²) in [5, 5.41) is 7.52. The Hall–Kier alpha value is -0.880. The average Bonchev–Trinajstić information content (AvgIpc) is 2.66. The van der Waals surface area contributed by atoms with E-state index >= 15 is 0 Å². The van der Waals surface area contributed by atoms with Crippen LogP contribution in [0.1, 0.15) is 17.7 Å². The standard InChI is InChI=1S/C10H17N3O2S/c1-8-9(6-13(2)12-8)5-11-10-3-4-16(14,15)7-10/h6,10-11H,3-5,7H2,1-2H3. The zero-order valence-electron chi connectivity index (χ0n) is 9.60. The van der Waals surface area contributed by atoms with Gasteiger partial charge in [-0.1, -0.05) is 0 Å². The van der Waals surface area contributed by atoms with E-state index in [0.29, 0.717) is 12.3 Å². The lowest BCUT2D eigenvalue weighted by molar-refractivity contribution is 0.553. The molecule has 1 aromatic heterocycles. The maximum atomic E-state index is 11.3. The number of hydrogen-bond acceptors (Lipinski definition) is 4. The summed E-state index contributed by atoms with van der Waals surface area (Å²) in [6.07, 6.45) is 2.69. The van der Waals surface area contributed by atoms with Gasteiger partial charge in [0.05, 0.1) is 17.2 Å². The van der Waals surface area contributed by atoms with E-state index in [4.69, 9.17) is 0 Å². The molecule has 90 valence electrons. The van der Waals surface area contributed by atoms with Gasteiger partial charge in [-0.05, 0) is 13.3 Å². The molecule has 2 heterocycles. The molecule has 1 saturated heterocycles. The van der Waals surface area contributed by atoms with Crippen molar-refractivity contribution in [2.75, 3.05) is 11.5 Å². The van der Waals surface area contributed by atoms with Crippen LogP contribution >= 0.6 is 0 Å². The minimum atomic E-state index is -2.79. The minimum Gasteiger partial charge on any atom is -0.309 e. The van der Waals surface area contributed by atoms with Crippen molar-refractivity contribution in [2.45, 2.75) is 25.9 Å². The maximum absolute atomic E-state index is 11.3. The molecule has 1 unspecified atom stereocenters. The second kappa shape index (κ2) is 4.18. The van der Waals surface area contributed by atoms with Gasteiger partial charge in [0, 0.05) is 31.4 Å². The molecule has 1 aliphatic heterocycles. The van der Waals surface area contributed by atoms with Crippen LogP contribution in [-0.4, -0.2) is 35.7 Å². The summed E-state index contributed by atoms with van der Waals surface area (Å²) in [6, 6.07) is 0.101. The predicted octanol–water partition coefficient (Wildman–Crippen LogP) is 0.00522. The third kappa shape index (κ3) is 2.62. The normalized spacial score (nSPS) is 23.8. The summed E-state index contributed by atoms with van der Waals surface area (Å²) >= 11 is 0. The van der Waals surface area contributed by atoms with Gasteiger partial charge in [0.15, 0.2) is 9.84 Å². The van der Waals surface area contributed by atoms with E-state index in [-0.39, 0.29) is 11.8 Å². The molecule has 1 aromatic rings. The molecule has 2 rings (SSSR count). The van der Waals surface area contributed by atoms with Crippen molar-refractivity contribution < 1.29 is 8.42 Å². The van der Waals surface area contributed by atoms with Crippen molar-refractivity contribution in [2.24, 2.45) is 7.05 Å². The third-order valence-corrected chi connectivity index (χ3v) is 4.70. The van der Waals surface area contributed by atoms with Gasteiger partial charge in [-0.15, -0.1) is 0 Å². The SMILES string of the molecule is Cc1nn(C)cc1CNC1CCS(=O)(=O)C1. The van der Waals surface area contributed by atoms with Crippen molar-refractivity contribution in [1.29, 1.82) is 0 Å². The van der Waals surface area contributed by atoms with Gasteiger partial charge in [0.25, 0.3) is 0 Å². The number of nitrogens with zero attached hydrogens (tertiary/aromatic N) is 2. The van der Waals surface area contributed by atoms with E-state index in [0.717, 1.165) is 17.7 Å². The van der Waals surface area contributed by atoms with Crippen molar-refractivity contribution >= 4 is 9.84 Å². The Bertz CT molecular complexity index is 478. The fourth-order valence-electron chi connectivity index (χ4n) is 2.03. The van der Waals surface area contributed by atoms with E-state index in [1.54, 1.807) is 4.68 Å². The second-order valence-corrected chi connectivity index (χ2v) is 6.62. The number of nitrogens with one attached hydrogen (secondary N) is 1. The smallest absolute Gasteiger partial charge is 0.151 e. The van der Waals surface area contributed by atoms with Crippen LogP contribution in [0.15, 0.2) is 6.20 Å². The molecule has 1 N–H and O–H groups in total. The van der Waals surface area contributed by atoms with Gasteiger partial charge >= 0.3 is 0 Å². The highest BCUT2D eigenvalue weighted by Gasteiger charge is 2.27. The third-order valence-electron chi connectivity index (χ3n) is 2.93. The molecule has 5 nitrogen and oxygen atoms in total. The fraction of sp³-hybridized carbons (Fsp3) is 0.700. The molecule has 16 heavy (non-hydrogen) atoms. The Labute approximate surface area is 95.8 Å². The molecule has 0 amide bonds. The van der Waals surface area contributed by atoms with E-state index in [1.807, 2.05) is 20.2 Å². The molecule has 6 heteroatoms. The van der Waals surface area contributed by atoms with E-state index < -0.39 is 9.84 Å². The first kappa shape index (κ1) is 11.6. The molecule has 1 fully saturated rings. The zero-order chi connectivity index (χ0) is 11.8. The second-order valence-electron chi connectivity index (χ2n) is 4.39. The zero-order valence-corrected chi connectivity index (χ0v) is 10.4. The number of hydrogen-bond donors (Lipinski definition) is 1. The number of rotatable bonds is 3. The van der Waals surface area contributed by atoms with Crippen LogP contribution < -0.4 is 5.32 Å². The predicted molar refractivity (Wildman–Crippen MR) is 61.8 cm³/mol. The molecular weight excluding hydrogens is 226 g/mol. The van der Waals surface area contributed by atoms with Crippen LogP contribution in [0.4, 0.5) is 0 Å². The lowest BCUT2D eigenvalue weighted by Crippen LogP contribution is -2.29. The molecule has 1 aliphatic rings. The lowest BCUT2D eigenvalue weighted by atomic mass is 10.2. The molecule has 0 radical (unpaired) electrons. The first-order valence-corrected chi connectivity index (χ1v) is 7.21. The summed E-state index contributed by atoms with van der Waals surface area (Å²) < 4.78 is 24.3. The lowest BCUT2D eigenvalue weighted by Gasteiger charge is -2.09. The van der Waals surface area contributed by atoms with Crippen LogP contribution in [0.2, 0.25) is 0 Å². The van der Waals surface area contributed by atoms with E-state index in [1.165, 1.54) is 0 Å². The first-order chi connectivity index (χ1) is 7.46. The molecule has 0 spiro atoms. The summed E-state index contributed by atoms with van der Waals surface area (Å²) in [6.45, 7) is 2.66. The number of sulfone groups is 1. The minimum absolute atomic E-state index is 0.101. The topological polar surface area (TPSA) is 64.0 Å². The van der Waals surface area contributed by atoms with Crippen molar-refractivity contribution in [1.82, 2.24) is 15.1 Å².